The van der Waals surface area contributed by atoms with Gasteiger partial charge in [-0.25, -0.2) is 0 Å². The maximum atomic E-state index is 12.3. The van der Waals surface area contributed by atoms with E-state index >= 15 is 0 Å². The fourth-order valence-corrected chi connectivity index (χ4v) is 3.21. The number of rotatable bonds is 16. The van der Waals surface area contributed by atoms with E-state index in [0.717, 1.165) is 13.0 Å². The van der Waals surface area contributed by atoms with Crippen molar-refractivity contribution in [1.82, 2.24) is 5.32 Å². The molecular formula is C23H39NO3. The first kappa shape index (κ1) is 23.3. The second-order valence-electron chi connectivity index (χ2n) is 7.25. The molecule has 0 fully saturated rings. The van der Waals surface area contributed by atoms with Crippen molar-refractivity contribution in [2.45, 2.75) is 84.0 Å². The van der Waals surface area contributed by atoms with Crippen molar-refractivity contribution in [3.8, 4) is 11.5 Å². The Hall–Kier alpha value is -1.71. The number of unbranched alkanes of at least 4 members (excludes halogenated alkanes) is 11. The normalized spacial score (nSPS) is 10.6. The molecule has 4 heteroatoms. The first-order valence-corrected chi connectivity index (χ1v) is 10.7. The van der Waals surface area contributed by atoms with Crippen LogP contribution in [0.3, 0.4) is 0 Å². The van der Waals surface area contributed by atoms with Crippen molar-refractivity contribution in [2.24, 2.45) is 0 Å². The van der Waals surface area contributed by atoms with Crippen molar-refractivity contribution in [3.05, 3.63) is 23.8 Å². The Bertz CT molecular complexity index is 494. The second-order valence-corrected chi connectivity index (χ2v) is 7.25. The molecule has 4 nitrogen and oxygen atoms in total. The molecule has 0 aliphatic carbocycles. The lowest BCUT2D eigenvalue weighted by molar-refractivity contribution is 0.0952. The highest BCUT2D eigenvalue weighted by molar-refractivity contribution is 5.95. The Labute approximate surface area is 166 Å². The molecule has 0 aliphatic rings. The molecule has 0 spiro atoms. The predicted molar refractivity (Wildman–Crippen MR) is 113 cm³/mol. The Kier molecular flexibility index (Phi) is 13.3. The van der Waals surface area contributed by atoms with Gasteiger partial charge in [0.15, 0.2) is 0 Å². The molecule has 0 saturated heterocycles. The van der Waals surface area contributed by atoms with E-state index in [4.69, 9.17) is 9.47 Å². The van der Waals surface area contributed by atoms with Crippen molar-refractivity contribution >= 4 is 5.91 Å². The minimum Gasteiger partial charge on any atom is -0.497 e. The molecule has 0 saturated carbocycles. The van der Waals surface area contributed by atoms with Gasteiger partial charge in [0.05, 0.1) is 14.2 Å². The summed E-state index contributed by atoms with van der Waals surface area (Å²) in [7, 11) is 3.17. The number of nitrogens with one attached hydrogen (secondary N) is 1. The topological polar surface area (TPSA) is 47.6 Å². The van der Waals surface area contributed by atoms with Gasteiger partial charge in [-0.3, -0.25) is 4.79 Å². The Balaban J connectivity index is 2.04. The van der Waals surface area contributed by atoms with Crippen LogP contribution in [-0.4, -0.2) is 26.7 Å². The Morgan fingerprint density at radius 3 is 1.63 bits per heavy atom. The highest BCUT2D eigenvalue weighted by Crippen LogP contribution is 2.22. The van der Waals surface area contributed by atoms with Gasteiger partial charge in [-0.15, -0.1) is 0 Å². The molecule has 1 amide bonds. The van der Waals surface area contributed by atoms with Gasteiger partial charge >= 0.3 is 0 Å². The summed E-state index contributed by atoms with van der Waals surface area (Å²) in [5.74, 6) is 1.19. The molecule has 0 unspecified atom stereocenters. The molecule has 1 aromatic carbocycles. The van der Waals surface area contributed by atoms with E-state index < -0.39 is 0 Å². The highest BCUT2D eigenvalue weighted by Gasteiger charge is 2.09. The van der Waals surface area contributed by atoms with Crippen LogP contribution in [0, 0.1) is 0 Å². The number of hydrogen-bond acceptors (Lipinski definition) is 3. The summed E-state index contributed by atoms with van der Waals surface area (Å²) >= 11 is 0. The molecule has 1 N–H and O–H groups in total. The Morgan fingerprint density at radius 1 is 0.741 bits per heavy atom. The Morgan fingerprint density at radius 2 is 1.19 bits per heavy atom. The second kappa shape index (κ2) is 15.4. The standard InChI is InChI=1S/C23H39NO3/c1-4-5-6-7-8-9-10-11-12-13-14-15-16-24-23(25)20-17-21(26-2)19-22(18-20)27-3/h17-19H,4-16H2,1-3H3,(H,24,25). The van der Waals surface area contributed by atoms with Crippen LogP contribution >= 0.6 is 0 Å². The summed E-state index contributed by atoms with van der Waals surface area (Å²) < 4.78 is 10.4. The maximum Gasteiger partial charge on any atom is 0.251 e. The molecule has 1 aromatic rings. The van der Waals surface area contributed by atoms with E-state index in [2.05, 4.69) is 12.2 Å². The minimum atomic E-state index is -0.0738. The molecule has 27 heavy (non-hydrogen) atoms. The average Bonchev–Trinajstić information content (AvgIpc) is 2.70. The number of benzene rings is 1. The van der Waals surface area contributed by atoms with Crippen LogP contribution in [0.5, 0.6) is 11.5 Å². The number of ether oxygens (including phenoxy) is 2. The lowest BCUT2D eigenvalue weighted by Crippen LogP contribution is -2.24. The zero-order chi connectivity index (χ0) is 19.7. The third kappa shape index (κ3) is 10.9. The fraction of sp³-hybridized carbons (Fsp3) is 0.696. The van der Waals surface area contributed by atoms with Gasteiger partial charge in [-0.05, 0) is 18.6 Å². The quantitative estimate of drug-likeness (QED) is 0.352. The average molecular weight is 378 g/mol. The molecule has 0 bridgehead atoms. The van der Waals surface area contributed by atoms with E-state index in [9.17, 15) is 4.79 Å². The van der Waals surface area contributed by atoms with Gasteiger partial charge in [0.1, 0.15) is 11.5 Å². The lowest BCUT2D eigenvalue weighted by atomic mass is 10.1. The van der Waals surface area contributed by atoms with Gasteiger partial charge in [0, 0.05) is 18.2 Å². The number of carbonyl (C=O) groups is 1. The molecule has 0 aliphatic heterocycles. The summed E-state index contributed by atoms with van der Waals surface area (Å²) in [5.41, 5.74) is 0.574. The molecule has 0 atom stereocenters. The van der Waals surface area contributed by atoms with Gasteiger partial charge in [-0.1, -0.05) is 77.6 Å². The van der Waals surface area contributed by atoms with Crippen LogP contribution < -0.4 is 14.8 Å². The highest BCUT2D eigenvalue weighted by atomic mass is 16.5. The third-order valence-corrected chi connectivity index (χ3v) is 4.93. The first-order valence-electron chi connectivity index (χ1n) is 10.7. The molecule has 0 aromatic heterocycles. The van der Waals surface area contributed by atoms with E-state index in [0.29, 0.717) is 17.1 Å². The van der Waals surface area contributed by atoms with Crippen molar-refractivity contribution < 1.29 is 14.3 Å². The van der Waals surface area contributed by atoms with Crippen molar-refractivity contribution in [3.63, 3.8) is 0 Å². The van der Waals surface area contributed by atoms with Crippen LogP contribution in [0.2, 0.25) is 0 Å². The molecule has 1 rings (SSSR count). The third-order valence-electron chi connectivity index (χ3n) is 4.93. The minimum absolute atomic E-state index is 0.0738. The van der Waals surface area contributed by atoms with Gasteiger partial charge in [-0.2, -0.15) is 0 Å². The molecule has 0 radical (unpaired) electrons. The predicted octanol–water partition coefficient (Wildman–Crippen LogP) is 6.13. The number of hydrogen-bond donors (Lipinski definition) is 1. The zero-order valence-electron chi connectivity index (χ0n) is 17.6. The van der Waals surface area contributed by atoms with Crippen LogP contribution in [-0.2, 0) is 0 Å². The van der Waals surface area contributed by atoms with Crippen LogP contribution in [0.25, 0.3) is 0 Å². The smallest absolute Gasteiger partial charge is 0.251 e. The van der Waals surface area contributed by atoms with E-state index in [1.807, 2.05) is 0 Å². The monoisotopic (exact) mass is 377 g/mol. The fourth-order valence-electron chi connectivity index (χ4n) is 3.21. The molecular weight excluding hydrogens is 338 g/mol. The van der Waals surface area contributed by atoms with E-state index in [1.165, 1.54) is 70.6 Å². The van der Waals surface area contributed by atoms with Crippen molar-refractivity contribution in [1.29, 1.82) is 0 Å². The van der Waals surface area contributed by atoms with E-state index in [-0.39, 0.29) is 5.91 Å². The number of methoxy groups -OCH3 is 2. The number of amides is 1. The summed E-state index contributed by atoms with van der Waals surface area (Å²) in [5, 5.41) is 2.99. The van der Waals surface area contributed by atoms with Crippen LogP contribution in [0.4, 0.5) is 0 Å². The largest absolute Gasteiger partial charge is 0.497 e. The van der Waals surface area contributed by atoms with Gasteiger partial charge in [0.25, 0.3) is 5.91 Å². The lowest BCUT2D eigenvalue weighted by Gasteiger charge is -2.09. The molecule has 154 valence electrons. The SMILES string of the molecule is CCCCCCCCCCCCCCNC(=O)c1cc(OC)cc(OC)c1. The van der Waals surface area contributed by atoms with Crippen LogP contribution in [0.15, 0.2) is 18.2 Å². The van der Waals surface area contributed by atoms with Gasteiger partial charge < -0.3 is 14.8 Å². The summed E-state index contributed by atoms with van der Waals surface area (Å²) in [6.07, 6.45) is 15.8. The van der Waals surface area contributed by atoms with Crippen LogP contribution in [0.1, 0.15) is 94.3 Å². The first-order chi connectivity index (χ1) is 13.2. The maximum absolute atomic E-state index is 12.3. The summed E-state index contributed by atoms with van der Waals surface area (Å²) in [6.45, 7) is 2.98. The van der Waals surface area contributed by atoms with E-state index in [1.54, 1.807) is 32.4 Å². The molecule has 0 heterocycles. The van der Waals surface area contributed by atoms with Crippen molar-refractivity contribution in [2.75, 3.05) is 20.8 Å². The summed E-state index contributed by atoms with van der Waals surface area (Å²) in [6, 6.07) is 5.24. The zero-order valence-corrected chi connectivity index (χ0v) is 17.6. The van der Waals surface area contributed by atoms with Gasteiger partial charge in [0.2, 0.25) is 0 Å². The summed E-state index contributed by atoms with van der Waals surface area (Å²) in [4.78, 5) is 12.3. The number of carbonyl (C=O) groups excluding carboxylic acids is 1.